The average Bonchev–Trinajstić information content (AvgIpc) is 2.52. The summed E-state index contributed by atoms with van der Waals surface area (Å²) in [6, 6.07) is 0. The Hall–Kier alpha value is -0.940. The summed E-state index contributed by atoms with van der Waals surface area (Å²) in [6.45, 7) is 5.03. The Bertz CT molecular complexity index is 299. The molecule has 0 saturated heterocycles. The lowest BCUT2D eigenvalue weighted by atomic mass is 10.5. The molecular weight excluding hydrogens is 200 g/mol. The molecule has 0 atom stereocenters. The van der Waals surface area contributed by atoms with Gasteiger partial charge in [0.05, 0.1) is 23.9 Å². The highest BCUT2D eigenvalue weighted by Gasteiger charge is 2.01. The van der Waals surface area contributed by atoms with Crippen molar-refractivity contribution in [1.29, 1.82) is 0 Å². The Morgan fingerprint density at radius 1 is 1.71 bits per heavy atom. The van der Waals surface area contributed by atoms with Crippen molar-refractivity contribution in [3.05, 3.63) is 16.1 Å². The third kappa shape index (κ3) is 3.85. The Kier molecular flexibility index (Phi) is 4.55. The van der Waals surface area contributed by atoms with E-state index in [9.17, 15) is 4.79 Å². The topological polar surface area (TPSA) is 51.2 Å². The lowest BCUT2D eigenvalue weighted by Gasteiger charge is -2.02. The zero-order valence-corrected chi connectivity index (χ0v) is 9.19. The van der Waals surface area contributed by atoms with Crippen molar-refractivity contribution in [2.24, 2.45) is 0 Å². The summed E-state index contributed by atoms with van der Waals surface area (Å²) in [5.41, 5.74) is 0.969. The van der Waals surface area contributed by atoms with Gasteiger partial charge in [-0.15, -0.1) is 11.3 Å². The van der Waals surface area contributed by atoms with Crippen molar-refractivity contribution in [1.82, 2.24) is 10.3 Å². The summed E-state index contributed by atoms with van der Waals surface area (Å²) >= 11 is 1.61. The zero-order chi connectivity index (χ0) is 10.4. The fourth-order valence-corrected chi connectivity index (χ4v) is 1.61. The van der Waals surface area contributed by atoms with E-state index < -0.39 is 0 Å². The highest BCUT2D eigenvalue weighted by atomic mass is 32.1. The minimum Gasteiger partial charge on any atom is -0.465 e. The monoisotopic (exact) mass is 214 g/mol. The summed E-state index contributed by atoms with van der Waals surface area (Å²) in [4.78, 5) is 15.2. The quantitative estimate of drug-likeness (QED) is 0.746. The normalized spacial score (nSPS) is 10.1. The number of aryl methyl sites for hydroxylation is 1. The fraction of sp³-hybridized carbons (Fsp3) is 0.556. The Labute approximate surface area is 87.3 Å². The van der Waals surface area contributed by atoms with Gasteiger partial charge >= 0.3 is 5.97 Å². The number of carbonyl (C=O) groups is 1. The molecule has 5 heteroatoms. The molecule has 0 fully saturated rings. The number of hydrogen-bond acceptors (Lipinski definition) is 5. The standard InChI is InChI=1S/C9H14N2O2S/c1-3-13-9(12)5-10-4-8-6-14-7(2)11-8/h6,10H,3-5H2,1-2H3. The van der Waals surface area contributed by atoms with Crippen LogP contribution < -0.4 is 5.32 Å². The van der Waals surface area contributed by atoms with Crippen molar-refractivity contribution >= 4 is 17.3 Å². The molecule has 1 aromatic rings. The Morgan fingerprint density at radius 2 is 2.50 bits per heavy atom. The number of aromatic nitrogens is 1. The van der Waals surface area contributed by atoms with Crippen LogP contribution in [0.3, 0.4) is 0 Å². The fourth-order valence-electron chi connectivity index (χ4n) is 0.994. The lowest BCUT2D eigenvalue weighted by molar-refractivity contribution is -0.142. The molecule has 14 heavy (non-hydrogen) atoms. The van der Waals surface area contributed by atoms with Crippen LogP contribution in [0, 0.1) is 6.92 Å². The highest BCUT2D eigenvalue weighted by molar-refractivity contribution is 7.09. The van der Waals surface area contributed by atoms with Gasteiger partial charge in [0.1, 0.15) is 0 Å². The number of hydrogen-bond donors (Lipinski definition) is 1. The van der Waals surface area contributed by atoms with E-state index in [1.54, 1.807) is 18.3 Å². The predicted octanol–water partition coefficient (Wildman–Crippen LogP) is 1.10. The summed E-state index contributed by atoms with van der Waals surface area (Å²) in [5.74, 6) is -0.223. The van der Waals surface area contributed by atoms with E-state index in [0.717, 1.165) is 10.7 Å². The SMILES string of the molecule is CCOC(=O)CNCc1csc(C)n1. The maximum Gasteiger partial charge on any atom is 0.319 e. The molecule has 0 spiro atoms. The summed E-state index contributed by atoms with van der Waals surface area (Å²) in [7, 11) is 0. The number of rotatable bonds is 5. The summed E-state index contributed by atoms with van der Waals surface area (Å²) in [5, 5.41) is 5.99. The van der Waals surface area contributed by atoms with Crippen LogP contribution in [0.25, 0.3) is 0 Å². The second kappa shape index (κ2) is 5.72. The van der Waals surface area contributed by atoms with Gasteiger partial charge in [-0.1, -0.05) is 0 Å². The third-order valence-corrected chi connectivity index (χ3v) is 2.37. The first-order valence-corrected chi connectivity index (χ1v) is 5.37. The second-order valence-corrected chi connectivity index (χ2v) is 3.83. The number of esters is 1. The molecule has 4 nitrogen and oxygen atoms in total. The first kappa shape index (κ1) is 11.1. The molecule has 0 radical (unpaired) electrons. The lowest BCUT2D eigenvalue weighted by Crippen LogP contribution is -2.24. The molecule has 0 aliphatic heterocycles. The molecule has 0 amide bonds. The van der Waals surface area contributed by atoms with Gasteiger partial charge in [-0.3, -0.25) is 4.79 Å². The molecule has 0 aliphatic rings. The van der Waals surface area contributed by atoms with E-state index in [1.165, 1.54) is 0 Å². The molecular formula is C9H14N2O2S. The van der Waals surface area contributed by atoms with Crippen LogP contribution in [0.1, 0.15) is 17.6 Å². The number of ether oxygens (including phenoxy) is 1. The number of thiazole rings is 1. The largest absolute Gasteiger partial charge is 0.465 e. The highest BCUT2D eigenvalue weighted by Crippen LogP contribution is 2.06. The van der Waals surface area contributed by atoms with Crippen LogP contribution in [0.4, 0.5) is 0 Å². The van der Waals surface area contributed by atoms with Crippen LogP contribution in [0.5, 0.6) is 0 Å². The van der Waals surface area contributed by atoms with E-state index in [0.29, 0.717) is 13.2 Å². The van der Waals surface area contributed by atoms with Crippen LogP contribution >= 0.6 is 11.3 Å². The number of carbonyl (C=O) groups excluding carboxylic acids is 1. The molecule has 1 aromatic heterocycles. The van der Waals surface area contributed by atoms with E-state index >= 15 is 0 Å². The van der Waals surface area contributed by atoms with Crippen LogP contribution in [-0.2, 0) is 16.1 Å². The molecule has 0 aliphatic carbocycles. The van der Waals surface area contributed by atoms with Crippen molar-refractivity contribution in [3.8, 4) is 0 Å². The summed E-state index contributed by atoms with van der Waals surface area (Å²) in [6.07, 6.45) is 0. The van der Waals surface area contributed by atoms with E-state index in [2.05, 4.69) is 10.3 Å². The van der Waals surface area contributed by atoms with Crippen LogP contribution in [-0.4, -0.2) is 24.1 Å². The van der Waals surface area contributed by atoms with Crippen LogP contribution in [0.2, 0.25) is 0 Å². The van der Waals surface area contributed by atoms with Gasteiger partial charge in [0.25, 0.3) is 0 Å². The molecule has 0 bridgehead atoms. The maximum atomic E-state index is 10.9. The molecule has 1 rings (SSSR count). The van der Waals surface area contributed by atoms with Gasteiger partial charge in [-0.25, -0.2) is 4.98 Å². The second-order valence-electron chi connectivity index (χ2n) is 2.77. The first-order chi connectivity index (χ1) is 6.72. The number of nitrogens with zero attached hydrogens (tertiary/aromatic N) is 1. The van der Waals surface area contributed by atoms with Crippen molar-refractivity contribution in [2.45, 2.75) is 20.4 Å². The van der Waals surface area contributed by atoms with Gasteiger partial charge in [0.15, 0.2) is 0 Å². The predicted molar refractivity (Wildman–Crippen MR) is 55.2 cm³/mol. The van der Waals surface area contributed by atoms with Crippen molar-refractivity contribution in [3.63, 3.8) is 0 Å². The number of nitrogens with one attached hydrogen (secondary N) is 1. The molecule has 78 valence electrons. The molecule has 1 N–H and O–H groups in total. The third-order valence-electron chi connectivity index (χ3n) is 1.55. The minimum absolute atomic E-state index is 0.223. The van der Waals surface area contributed by atoms with E-state index in [-0.39, 0.29) is 12.5 Å². The van der Waals surface area contributed by atoms with Crippen LogP contribution in [0.15, 0.2) is 5.38 Å². The minimum atomic E-state index is -0.223. The Morgan fingerprint density at radius 3 is 3.07 bits per heavy atom. The van der Waals surface area contributed by atoms with E-state index in [4.69, 9.17) is 4.74 Å². The van der Waals surface area contributed by atoms with Gasteiger partial charge in [-0.2, -0.15) is 0 Å². The van der Waals surface area contributed by atoms with Gasteiger partial charge < -0.3 is 10.1 Å². The summed E-state index contributed by atoms with van der Waals surface area (Å²) < 4.78 is 4.77. The molecule has 0 saturated carbocycles. The van der Waals surface area contributed by atoms with Gasteiger partial charge in [0, 0.05) is 11.9 Å². The molecule has 1 heterocycles. The molecule has 0 aromatic carbocycles. The van der Waals surface area contributed by atoms with Crippen molar-refractivity contribution in [2.75, 3.05) is 13.2 Å². The van der Waals surface area contributed by atoms with E-state index in [1.807, 2.05) is 12.3 Å². The average molecular weight is 214 g/mol. The molecule has 0 unspecified atom stereocenters. The van der Waals surface area contributed by atoms with Crippen molar-refractivity contribution < 1.29 is 9.53 Å². The van der Waals surface area contributed by atoms with Gasteiger partial charge in [0.2, 0.25) is 0 Å². The van der Waals surface area contributed by atoms with Gasteiger partial charge in [-0.05, 0) is 13.8 Å². The maximum absolute atomic E-state index is 10.9. The Balaban J connectivity index is 2.18. The smallest absolute Gasteiger partial charge is 0.319 e. The first-order valence-electron chi connectivity index (χ1n) is 4.49. The zero-order valence-electron chi connectivity index (χ0n) is 8.37.